The SMILES string of the molecule is C[NH2+]C.C[NH2+]C.[Cl][Cu-2]([Cl])([Cl])[Cl]. The molecule has 0 aromatic carbocycles. The van der Waals surface area contributed by atoms with Crippen LogP contribution in [0, 0.1) is 0 Å². The van der Waals surface area contributed by atoms with Crippen LogP contribution in [0.2, 0.25) is 0 Å². The van der Waals surface area contributed by atoms with Crippen molar-refractivity contribution < 1.29 is 19.8 Å². The molecule has 0 radical (unpaired) electrons. The molecule has 11 heavy (non-hydrogen) atoms. The van der Waals surface area contributed by atoms with E-state index in [2.05, 4.69) is 0 Å². The zero-order chi connectivity index (χ0) is 9.91. The van der Waals surface area contributed by atoms with Gasteiger partial charge in [0.25, 0.3) is 0 Å². The molecule has 0 aliphatic rings. The van der Waals surface area contributed by atoms with E-state index in [4.69, 9.17) is 40.4 Å². The van der Waals surface area contributed by atoms with Crippen molar-refractivity contribution in [3.8, 4) is 0 Å². The van der Waals surface area contributed by atoms with Gasteiger partial charge in [0.05, 0.1) is 28.2 Å². The standard InChI is InChI=1S/2C2H7N.4ClH.Cu/c2*1-3-2;;;;;/h2*3H,1-2H3;4*1H;/q;;;;;;+2/p-2. The predicted octanol–water partition coefficient (Wildman–Crippen LogP) is 0.374. The maximum absolute atomic E-state index is 4.90. The zero-order valence-electron chi connectivity index (χ0n) is 6.97. The summed E-state index contributed by atoms with van der Waals surface area (Å²) in [5, 5.41) is 4.00. The van der Waals surface area contributed by atoms with Gasteiger partial charge in [-0.3, -0.25) is 0 Å². The Morgan fingerprint density at radius 2 is 0.727 bits per heavy atom. The number of halogens is 4. The average Bonchev–Trinajstić information content (AvgIpc) is 1.62. The Balaban J connectivity index is -0.0000000933. The Bertz CT molecular complexity index is 50.5. The third-order valence-corrected chi connectivity index (χ3v) is 0. The van der Waals surface area contributed by atoms with Gasteiger partial charge in [-0.2, -0.15) is 0 Å². The Morgan fingerprint density at radius 1 is 0.727 bits per heavy atom. The van der Waals surface area contributed by atoms with E-state index in [0.717, 1.165) is 0 Å². The molecule has 0 spiro atoms. The van der Waals surface area contributed by atoms with Crippen LogP contribution >= 0.6 is 40.4 Å². The zero-order valence-corrected chi connectivity index (χ0v) is 10.9. The molecule has 0 unspecified atom stereocenters. The topological polar surface area (TPSA) is 33.2 Å². The first kappa shape index (κ1) is 18.4. The second-order valence-corrected chi connectivity index (χ2v) is 10.7. The van der Waals surface area contributed by atoms with Crippen LogP contribution in [-0.2, 0) is 9.20 Å². The molecule has 0 amide bonds. The van der Waals surface area contributed by atoms with Crippen LogP contribution in [0.4, 0.5) is 0 Å². The predicted molar refractivity (Wildman–Crippen MR) is 51.0 cm³/mol. The van der Waals surface area contributed by atoms with Gasteiger partial charge < -0.3 is 10.6 Å². The van der Waals surface area contributed by atoms with Crippen LogP contribution in [0.1, 0.15) is 0 Å². The fraction of sp³-hybridized carbons (Fsp3) is 1.00. The monoisotopic (exact) mass is 295 g/mol. The molecule has 0 aromatic heterocycles. The maximum atomic E-state index is 4.90. The van der Waals surface area contributed by atoms with Crippen molar-refractivity contribution in [2.75, 3.05) is 28.2 Å². The van der Waals surface area contributed by atoms with Crippen molar-refractivity contribution >= 4 is 40.4 Å². The quantitative estimate of drug-likeness (QED) is 0.606. The van der Waals surface area contributed by atoms with Crippen molar-refractivity contribution in [3.63, 3.8) is 0 Å². The first-order chi connectivity index (χ1) is 4.83. The summed E-state index contributed by atoms with van der Waals surface area (Å²) in [7, 11) is 25.4. The second kappa shape index (κ2) is 14.1. The minimum absolute atomic E-state index is 2.00. The summed E-state index contributed by atoms with van der Waals surface area (Å²) in [5.41, 5.74) is 0. The van der Waals surface area contributed by atoms with E-state index in [1.54, 1.807) is 0 Å². The van der Waals surface area contributed by atoms with Gasteiger partial charge in [0.15, 0.2) is 0 Å². The molecule has 0 rings (SSSR count). The molecular weight excluding hydrogens is 281 g/mol. The summed E-state index contributed by atoms with van der Waals surface area (Å²) in [5.74, 6) is 0. The fourth-order valence-electron chi connectivity index (χ4n) is 0. The van der Waals surface area contributed by atoms with Gasteiger partial charge in [-0.1, -0.05) is 0 Å². The first-order valence-corrected chi connectivity index (χ1v) is 7.95. The van der Waals surface area contributed by atoms with Crippen LogP contribution < -0.4 is 10.6 Å². The molecule has 0 atom stereocenters. The molecule has 81 valence electrons. The van der Waals surface area contributed by atoms with E-state index in [-0.39, 0.29) is 0 Å². The molecule has 0 saturated carbocycles. The molecule has 0 aromatic rings. The van der Waals surface area contributed by atoms with Gasteiger partial charge in [-0.05, 0) is 0 Å². The van der Waals surface area contributed by atoms with E-state index in [9.17, 15) is 0 Å². The van der Waals surface area contributed by atoms with Crippen molar-refractivity contribution in [1.29, 1.82) is 0 Å². The molecule has 0 heterocycles. The summed E-state index contributed by atoms with van der Waals surface area (Å²) < 4.78 is 0. The van der Waals surface area contributed by atoms with Crippen LogP contribution in [0.15, 0.2) is 0 Å². The first-order valence-electron chi connectivity index (χ1n) is 2.77. The summed E-state index contributed by atoms with van der Waals surface area (Å²) in [6, 6.07) is 0. The number of rotatable bonds is 0. The molecule has 0 aliphatic carbocycles. The second-order valence-electron chi connectivity index (χ2n) is 1.41. The Morgan fingerprint density at radius 3 is 0.727 bits per heavy atom. The average molecular weight is 298 g/mol. The third kappa shape index (κ3) is 418. The number of nitrogens with two attached hydrogens (primary N) is 2. The summed E-state index contributed by atoms with van der Waals surface area (Å²) in [4.78, 5) is 0. The van der Waals surface area contributed by atoms with Gasteiger partial charge in [0, 0.05) is 0 Å². The van der Waals surface area contributed by atoms with E-state index < -0.39 is 9.20 Å². The van der Waals surface area contributed by atoms with Crippen LogP contribution in [0.5, 0.6) is 0 Å². The van der Waals surface area contributed by atoms with Gasteiger partial charge >= 0.3 is 49.6 Å². The van der Waals surface area contributed by atoms with E-state index in [1.165, 1.54) is 0 Å². The fourth-order valence-corrected chi connectivity index (χ4v) is 0. The van der Waals surface area contributed by atoms with Crippen molar-refractivity contribution in [2.24, 2.45) is 0 Å². The van der Waals surface area contributed by atoms with Crippen molar-refractivity contribution in [1.82, 2.24) is 0 Å². The molecule has 2 nitrogen and oxygen atoms in total. The summed E-state index contributed by atoms with van der Waals surface area (Å²) in [6.07, 6.45) is 0. The Hall–Kier alpha value is 1.60. The van der Waals surface area contributed by atoms with Crippen molar-refractivity contribution in [2.45, 2.75) is 0 Å². The van der Waals surface area contributed by atoms with Crippen LogP contribution in [-0.4, -0.2) is 28.2 Å². The minimum atomic E-state index is -2.24. The number of hydrogen-bond donors (Lipinski definition) is 2. The van der Waals surface area contributed by atoms with Crippen molar-refractivity contribution in [3.05, 3.63) is 0 Å². The molecule has 7 heteroatoms. The molecular formula is C4H16Cl4CuN2. The Labute approximate surface area is 88.0 Å². The van der Waals surface area contributed by atoms with Crippen LogP contribution in [0.25, 0.3) is 0 Å². The van der Waals surface area contributed by atoms with Gasteiger partial charge in [-0.25, -0.2) is 0 Å². The number of quaternary nitrogens is 2. The summed E-state index contributed by atoms with van der Waals surface area (Å²) in [6.45, 7) is 0. The van der Waals surface area contributed by atoms with E-state index in [0.29, 0.717) is 0 Å². The van der Waals surface area contributed by atoms with Crippen LogP contribution in [0.3, 0.4) is 0 Å². The normalized spacial score (nSPS) is 10.2. The Kier molecular flexibility index (Phi) is 23.7. The molecule has 0 fully saturated rings. The summed E-state index contributed by atoms with van der Waals surface area (Å²) >= 11 is 0. The van der Waals surface area contributed by atoms with Gasteiger partial charge in [0.1, 0.15) is 0 Å². The molecule has 0 bridgehead atoms. The third-order valence-electron chi connectivity index (χ3n) is 0. The van der Waals surface area contributed by atoms with E-state index in [1.807, 2.05) is 38.8 Å². The van der Waals surface area contributed by atoms with Gasteiger partial charge in [-0.15, -0.1) is 0 Å². The molecule has 4 N–H and O–H groups in total. The molecule has 0 aliphatic heterocycles. The number of hydrogen-bond acceptors (Lipinski definition) is 0. The van der Waals surface area contributed by atoms with Gasteiger partial charge in [0.2, 0.25) is 0 Å². The molecule has 0 saturated heterocycles. The van der Waals surface area contributed by atoms with E-state index >= 15 is 0 Å².